The lowest BCUT2D eigenvalue weighted by Gasteiger charge is -2.34. The minimum atomic E-state index is -6.23. The molecule has 0 aliphatic carbocycles. The minimum absolute atomic E-state index is 0.155. The predicted octanol–water partition coefficient (Wildman–Crippen LogP) is 7.24. The number of alkyl halides is 7. The van der Waals surface area contributed by atoms with Crippen molar-refractivity contribution in [3.05, 3.63) is 56.7 Å². The molecule has 1 aromatic carbocycles. The van der Waals surface area contributed by atoms with E-state index in [9.17, 15) is 35.5 Å². The van der Waals surface area contributed by atoms with E-state index in [0.717, 1.165) is 0 Å². The summed E-state index contributed by atoms with van der Waals surface area (Å²) in [5, 5.41) is 0. The van der Waals surface area contributed by atoms with Gasteiger partial charge in [0.05, 0.1) is 5.69 Å². The molecule has 2 unspecified atom stereocenters. The van der Waals surface area contributed by atoms with Crippen molar-refractivity contribution in [1.82, 2.24) is 4.98 Å². The highest BCUT2D eigenvalue weighted by molar-refractivity contribution is 9.11. The van der Waals surface area contributed by atoms with Crippen molar-refractivity contribution in [1.29, 1.82) is 0 Å². The molecule has 0 aliphatic rings. The normalized spacial score (nSPS) is 14.8. The number of aromatic nitrogens is 1. The van der Waals surface area contributed by atoms with E-state index in [4.69, 9.17) is 0 Å². The van der Waals surface area contributed by atoms with Gasteiger partial charge < -0.3 is 4.90 Å². The molecule has 0 saturated carbocycles. The number of hydrogen-bond acceptors (Lipinski definition) is 3. The Labute approximate surface area is 196 Å². The third kappa shape index (κ3) is 4.80. The van der Waals surface area contributed by atoms with E-state index in [1.165, 1.54) is 36.5 Å². The van der Waals surface area contributed by atoms with Crippen LogP contribution in [0.2, 0.25) is 0 Å². The van der Waals surface area contributed by atoms with E-state index in [-0.39, 0.29) is 20.4 Å². The number of anilines is 1. The summed E-state index contributed by atoms with van der Waals surface area (Å²) in [7, 11) is 1.52. The summed E-state index contributed by atoms with van der Waals surface area (Å²) < 4.78 is 92.7. The Hall–Kier alpha value is -1.69. The average Bonchev–Trinajstić information content (AvgIpc) is 2.69. The molecule has 12 heteroatoms. The van der Waals surface area contributed by atoms with Crippen LogP contribution in [0.4, 0.5) is 36.4 Å². The first-order valence-electron chi connectivity index (χ1n) is 9.03. The monoisotopic (exact) mass is 592 g/mol. The lowest BCUT2D eigenvalue weighted by Crippen LogP contribution is -2.50. The van der Waals surface area contributed by atoms with Crippen molar-refractivity contribution < 1.29 is 35.5 Å². The zero-order valence-electron chi connectivity index (χ0n) is 16.8. The minimum Gasteiger partial charge on any atom is -0.369 e. The highest BCUT2D eigenvalue weighted by Gasteiger charge is 2.73. The molecule has 2 atom stereocenters. The molecule has 32 heavy (non-hydrogen) atoms. The summed E-state index contributed by atoms with van der Waals surface area (Å²) in [5.74, 6) is -0.834. The molecule has 1 heterocycles. The Morgan fingerprint density at radius 3 is 1.78 bits per heavy atom. The molecule has 2 aromatic rings. The van der Waals surface area contributed by atoms with Crippen molar-refractivity contribution in [2.45, 2.75) is 37.9 Å². The number of halogens is 9. The van der Waals surface area contributed by atoms with Crippen LogP contribution in [0, 0.1) is 5.92 Å². The lowest BCUT2D eigenvalue weighted by atomic mass is 9.92. The molecule has 0 bridgehead atoms. The molecule has 3 nitrogen and oxygen atoms in total. The lowest BCUT2D eigenvalue weighted by molar-refractivity contribution is -0.348. The summed E-state index contributed by atoms with van der Waals surface area (Å²) in [6.45, 7) is 3.31. The first kappa shape index (κ1) is 26.6. The summed E-state index contributed by atoms with van der Waals surface area (Å²) in [6, 6.07) is 3.41. The largest absolute Gasteiger partial charge is 0.435 e. The first-order chi connectivity index (χ1) is 14.5. The van der Waals surface area contributed by atoms with Gasteiger partial charge in [0, 0.05) is 51.5 Å². The Kier molecular flexibility index (Phi) is 7.70. The molecule has 0 saturated heterocycles. The molecule has 0 amide bonds. The van der Waals surface area contributed by atoms with Crippen molar-refractivity contribution in [3.8, 4) is 0 Å². The van der Waals surface area contributed by atoms with Gasteiger partial charge in [0.25, 0.3) is 0 Å². The maximum Gasteiger partial charge on any atom is 0.435 e. The number of Topliss-reactive ketones (excluding diaryl/α,β-unsaturated/α-hetero) is 1. The Bertz CT molecular complexity index is 943. The van der Waals surface area contributed by atoms with Crippen LogP contribution in [-0.2, 0) is 5.67 Å². The van der Waals surface area contributed by atoms with E-state index >= 15 is 0 Å². The number of pyridine rings is 1. The van der Waals surface area contributed by atoms with Crippen LogP contribution >= 0.6 is 31.9 Å². The Balaban J connectivity index is 2.46. The molecule has 0 aliphatic heterocycles. The quantitative estimate of drug-likeness (QED) is 0.261. The highest BCUT2D eigenvalue weighted by atomic mass is 79.9. The van der Waals surface area contributed by atoms with Gasteiger partial charge in [-0.05, 0) is 63.0 Å². The van der Waals surface area contributed by atoms with E-state index < -0.39 is 35.5 Å². The Morgan fingerprint density at radius 2 is 1.38 bits per heavy atom. The van der Waals surface area contributed by atoms with Gasteiger partial charge in [-0.15, -0.1) is 0 Å². The zero-order valence-corrected chi connectivity index (χ0v) is 20.0. The summed E-state index contributed by atoms with van der Waals surface area (Å²) >= 11 is 5.92. The second-order valence-corrected chi connectivity index (χ2v) is 8.89. The first-order valence-corrected chi connectivity index (χ1v) is 10.6. The van der Waals surface area contributed by atoms with E-state index in [1.807, 2.05) is 0 Å². The average molecular weight is 594 g/mol. The standard InChI is InChI=1S/C20H17Br2F7N2O/c1-10(17(32)12-4-6-30-7-5-12)11(2)31(3)16-14(21)8-13(9-15(16)22)18(23,19(24,25)26)20(27,28)29/h4-11H,1-3H3. The fraction of sp³-hybridized carbons (Fsp3) is 0.400. The molecule has 0 N–H and O–H groups in total. The molecule has 0 fully saturated rings. The van der Waals surface area contributed by atoms with Crippen LogP contribution in [0.15, 0.2) is 45.6 Å². The topological polar surface area (TPSA) is 33.2 Å². The van der Waals surface area contributed by atoms with Gasteiger partial charge in [0.2, 0.25) is 0 Å². The number of carbonyl (C=O) groups is 1. The molecular formula is C20H17Br2F7N2O. The van der Waals surface area contributed by atoms with Crippen molar-refractivity contribution in [2.75, 3.05) is 11.9 Å². The maximum absolute atomic E-state index is 14.5. The molecule has 1 aromatic heterocycles. The maximum atomic E-state index is 14.5. The van der Waals surface area contributed by atoms with E-state index in [1.54, 1.807) is 13.8 Å². The fourth-order valence-electron chi connectivity index (χ4n) is 3.13. The molecule has 2 rings (SSSR count). The van der Waals surface area contributed by atoms with Crippen molar-refractivity contribution in [3.63, 3.8) is 0 Å². The van der Waals surface area contributed by atoms with Crippen LogP contribution in [0.3, 0.4) is 0 Å². The van der Waals surface area contributed by atoms with Crippen molar-refractivity contribution in [2.24, 2.45) is 5.92 Å². The van der Waals surface area contributed by atoms with Crippen LogP contribution in [0.1, 0.15) is 29.8 Å². The molecule has 176 valence electrons. The van der Waals surface area contributed by atoms with Gasteiger partial charge in [-0.2, -0.15) is 26.3 Å². The third-order valence-electron chi connectivity index (χ3n) is 5.26. The second-order valence-electron chi connectivity index (χ2n) is 7.18. The van der Waals surface area contributed by atoms with Gasteiger partial charge >= 0.3 is 18.0 Å². The SMILES string of the molecule is CC(C(=O)c1ccncc1)C(C)N(C)c1c(Br)cc(C(F)(C(F)(F)F)C(F)(F)F)cc1Br. The fourth-order valence-corrected chi connectivity index (χ4v) is 4.87. The van der Waals surface area contributed by atoms with Gasteiger partial charge in [0.15, 0.2) is 5.78 Å². The van der Waals surface area contributed by atoms with E-state index in [0.29, 0.717) is 17.7 Å². The van der Waals surface area contributed by atoms with Crippen LogP contribution in [-0.4, -0.2) is 36.2 Å². The van der Waals surface area contributed by atoms with Gasteiger partial charge in [-0.1, -0.05) is 6.92 Å². The highest BCUT2D eigenvalue weighted by Crippen LogP contribution is 2.54. The van der Waals surface area contributed by atoms with Gasteiger partial charge in [0.1, 0.15) is 0 Å². The van der Waals surface area contributed by atoms with Crippen LogP contribution in [0.25, 0.3) is 0 Å². The summed E-state index contributed by atoms with van der Waals surface area (Å²) in [6.07, 6.45) is -9.55. The second kappa shape index (κ2) is 9.28. The smallest absolute Gasteiger partial charge is 0.369 e. The molecule has 0 spiro atoms. The number of nitrogens with zero attached hydrogens (tertiary/aromatic N) is 2. The number of carbonyl (C=O) groups excluding carboxylic acids is 1. The number of hydrogen-bond donors (Lipinski definition) is 0. The predicted molar refractivity (Wildman–Crippen MR) is 112 cm³/mol. The zero-order chi connectivity index (χ0) is 24.6. The van der Waals surface area contributed by atoms with Crippen LogP contribution < -0.4 is 4.90 Å². The van der Waals surface area contributed by atoms with Crippen LogP contribution in [0.5, 0.6) is 0 Å². The number of benzene rings is 1. The molecular weight excluding hydrogens is 577 g/mol. The van der Waals surface area contributed by atoms with E-state index in [2.05, 4.69) is 36.8 Å². The summed E-state index contributed by atoms with van der Waals surface area (Å²) in [5.41, 5.74) is -6.62. The third-order valence-corrected chi connectivity index (χ3v) is 6.47. The summed E-state index contributed by atoms with van der Waals surface area (Å²) in [4.78, 5) is 18.1. The van der Waals surface area contributed by atoms with Crippen molar-refractivity contribution >= 4 is 43.3 Å². The van der Waals surface area contributed by atoms with Gasteiger partial charge in [-0.3, -0.25) is 9.78 Å². The number of ketones is 1. The van der Waals surface area contributed by atoms with Gasteiger partial charge in [-0.25, -0.2) is 4.39 Å². The Morgan fingerprint density at radius 1 is 0.938 bits per heavy atom. The number of rotatable bonds is 6. The molecule has 0 radical (unpaired) electrons.